The van der Waals surface area contributed by atoms with E-state index in [-0.39, 0.29) is 5.95 Å². The highest BCUT2D eigenvalue weighted by Gasteiger charge is 2.09. The molecule has 0 unspecified atom stereocenters. The van der Waals surface area contributed by atoms with Crippen LogP contribution in [0.2, 0.25) is 0 Å². The standard InChI is InChI=1S/C8H8BrN5/c1-5-3-2-4-11-6(5)14-7(9)12-8(10)13-14/h2-4H,1H3,(H2,10,13). The molecule has 0 saturated heterocycles. The van der Waals surface area contributed by atoms with Crippen molar-refractivity contribution in [3.63, 3.8) is 0 Å². The second-order valence-corrected chi connectivity index (χ2v) is 3.50. The first-order chi connectivity index (χ1) is 6.68. The summed E-state index contributed by atoms with van der Waals surface area (Å²) >= 11 is 3.26. The van der Waals surface area contributed by atoms with Crippen molar-refractivity contribution in [3.8, 4) is 5.82 Å². The smallest absolute Gasteiger partial charge is 0.240 e. The molecule has 72 valence electrons. The van der Waals surface area contributed by atoms with Gasteiger partial charge in [-0.1, -0.05) is 6.07 Å². The molecule has 0 bridgehead atoms. The van der Waals surface area contributed by atoms with Crippen LogP contribution >= 0.6 is 15.9 Å². The van der Waals surface area contributed by atoms with Gasteiger partial charge < -0.3 is 5.73 Å². The van der Waals surface area contributed by atoms with Gasteiger partial charge in [0.1, 0.15) is 0 Å². The molecular weight excluding hydrogens is 246 g/mol. The zero-order chi connectivity index (χ0) is 10.1. The number of rotatable bonds is 1. The van der Waals surface area contributed by atoms with E-state index >= 15 is 0 Å². The fraction of sp³-hybridized carbons (Fsp3) is 0.125. The molecule has 0 amide bonds. The lowest BCUT2D eigenvalue weighted by molar-refractivity contribution is 0.819. The zero-order valence-electron chi connectivity index (χ0n) is 7.48. The molecule has 0 atom stereocenters. The first-order valence-corrected chi connectivity index (χ1v) is 4.78. The number of anilines is 1. The average molecular weight is 254 g/mol. The summed E-state index contributed by atoms with van der Waals surface area (Å²) in [6, 6.07) is 3.82. The van der Waals surface area contributed by atoms with Crippen LogP contribution in [0.15, 0.2) is 23.1 Å². The van der Waals surface area contributed by atoms with Gasteiger partial charge >= 0.3 is 0 Å². The van der Waals surface area contributed by atoms with E-state index in [2.05, 4.69) is 31.0 Å². The summed E-state index contributed by atoms with van der Waals surface area (Å²) in [4.78, 5) is 8.13. The number of aryl methyl sites for hydroxylation is 1. The predicted molar refractivity (Wildman–Crippen MR) is 56.0 cm³/mol. The fourth-order valence-corrected chi connectivity index (χ4v) is 1.57. The second-order valence-electron chi connectivity index (χ2n) is 2.79. The Balaban J connectivity index is 2.60. The highest BCUT2D eigenvalue weighted by molar-refractivity contribution is 9.10. The van der Waals surface area contributed by atoms with Gasteiger partial charge in [-0.2, -0.15) is 9.67 Å². The number of aromatic nitrogens is 4. The van der Waals surface area contributed by atoms with Crippen molar-refractivity contribution in [1.82, 2.24) is 19.7 Å². The van der Waals surface area contributed by atoms with Crippen molar-refractivity contribution in [2.45, 2.75) is 6.92 Å². The van der Waals surface area contributed by atoms with Gasteiger partial charge in [0.25, 0.3) is 0 Å². The summed E-state index contributed by atoms with van der Waals surface area (Å²) < 4.78 is 2.11. The highest BCUT2D eigenvalue weighted by Crippen LogP contribution is 2.16. The maximum Gasteiger partial charge on any atom is 0.240 e. The summed E-state index contributed by atoms with van der Waals surface area (Å²) in [6.07, 6.45) is 1.70. The lowest BCUT2D eigenvalue weighted by atomic mass is 10.3. The molecule has 2 heterocycles. The summed E-state index contributed by atoms with van der Waals surface area (Å²) in [5.41, 5.74) is 6.48. The largest absolute Gasteiger partial charge is 0.366 e. The van der Waals surface area contributed by atoms with Gasteiger partial charge in [-0.25, -0.2) is 4.98 Å². The maximum absolute atomic E-state index is 5.47. The van der Waals surface area contributed by atoms with Gasteiger partial charge in [-0.05, 0) is 34.5 Å². The average Bonchev–Trinajstić information content (AvgIpc) is 2.46. The highest BCUT2D eigenvalue weighted by atomic mass is 79.9. The molecule has 0 radical (unpaired) electrons. The number of pyridine rings is 1. The Morgan fingerprint density at radius 3 is 2.86 bits per heavy atom. The minimum atomic E-state index is 0.224. The molecule has 6 heteroatoms. The van der Waals surface area contributed by atoms with Gasteiger partial charge in [0.15, 0.2) is 5.82 Å². The van der Waals surface area contributed by atoms with E-state index in [0.717, 1.165) is 11.4 Å². The third-order valence-corrected chi connectivity index (χ3v) is 2.28. The van der Waals surface area contributed by atoms with E-state index in [1.54, 1.807) is 10.9 Å². The lowest BCUT2D eigenvalue weighted by Gasteiger charge is -2.03. The van der Waals surface area contributed by atoms with Crippen molar-refractivity contribution in [2.75, 3.05) is 5.73 Å². The van der Waals surface area contributed by atoms with Gasteiger partial charge in [0.05, 0.1) is 0 Å². The van der Waals surface area contributed by atoms with E-state index in [1.165, 1.54) is 0 Å². The summed E-state index contributed by atoms with van der Waals surface area (Å²) in [6.45, 7) is 1.95. The molecule has 0 saturated carbocycles. The van der Waals surface area contributed by atoms with Crippen molar-refractivity contribution in [1.29, 1.82) is 0 Å². The number of hydrogen-bond acceptors (Lipinski definition) is 4. The fourth-order valence-electron chi connectivity index (χ4n) is 1.14. The molecule has 0 aliphatic rings. The van der Waals surface area contributed by atoms with Crippen molar-refractivity contribution in [3.05, 3.63) is 28.6 Å². The van der Waals surface area contributed by atoms with E-state index < -0.39 is 0 Å². The Morgan fingerprint density at radius 2 is 2.29 bits per heavy atom. The Kier molecular flexibility index (Phi) is 2.20. The van der Waals surface area contributed by atoms with Crippen molar-refractivity contribution in [2.24, 2.45) is 0 Å². The van der Waals surface area contributed by atoms with Crippen LogP contribution in [0.25, 0.3) is 5.82 Å². The number of halogens is 1. The van der Waals surface area contributed by atoms with Crippen LogP contribution in [0.5, 0.6) is 0 Å². The molecule has 0 aliphatic carbocycles. The zero-order valence-corrected chi connectivity index (χ0v) is 9.06. The molecule has 5 nitrogen and oxygen atoms in total. The third-order valence-electron chi connectivity index (χ3n) is 1.77. The molecule has 14 heavy (non-hydrogen) atoms. The minimum absolute atomic E-state index is 0.224. The van der Waals surface area contributed by atoms with Crippen LogP contribution in [0, 0.1) is 6.92 Å². The minimum Gasteiger partial charge on any atom is -0.366 e. The summed E-state index contributed by atoms with van der Waals surface area (Å²) in [7, 11) is 0. The number of nitrogens with two attached hydrogens (primary N) is 1. The van der Waals surface area contributed by atoms with E-state index in [0.29, 0.717) is 4.73 Å². The van der Waals surface area contributed by atoms with E-state index in [4.69, 9.17) is 5.73 Å². The third kappa shape index (κ3) is 1.48. The molecule has 2 rings (SSSR count). The molecule has 0 spiro atoms. The Bertz CT molecular complexity index is 465. The summed E-state index contributed by atoms with van der Waals surface area (Å²) in [5, 5.41) is 4.02. The van der Waals surface area contributed by atoms with Gasteiger partial charge in [0.2, 0.25) is 10.7 Å². The SMILES string of the molecule is Cc1cccnc1-n1nc(N)nc1Br. The molecule has 0 aliphatic heterocycles. The molecule has 0 fully saturated rings. The molecule has 2 aromatic heterocycles. The Hall–Kier alpha value is -1.43. The molecule has 0 aromatic carbocycles. The second kappa shape index (κ2) is 3.38. The molecule has 2 N–H and O–H groups in total. The van der Waals surface area contributed by atoms with Crippen LogP contribution in [0.1, 0.15) is 5.56 Å². The predicted octanol–water partition coefficient (Wildman–Crippen LogP) is 1.32. The molecule has 2 aromatic rings. The monoisotopic (exact) mass is 253 g/mol. The van der Waals surface area contributed by atoms with Crippen LogP contribution < -0.4 is 5.73 Å². The maximum atomic E-state index is 5.47. The lowest BCUT2D eigenvalue weighted by Crippen LogP contribution is -2.02. The first-order valence-electron chi connectivity index (χ1n) is 3.98. The number of hydrogen-bond donors (Lipinski definition) is 1. The summed E-state index contributed by atoms with van der Waals surface area (Å²) in [5.74, 6) is 0.950. The van der Waals surface area contributed by atoms with Gasteiger partial charge in [0, 0.05) is 6.20 Å². The van der Waals surface area contributed by atoms with Crippen molar-refractivity contribution >= 4 is 21.9 Å². The van der Waals surface area contributed by atoms with Gasteiger partial charge in [-0.3, -0.25) is 0 Å². The Labute approximate surface area is 89.1 Å². The van der Waals surface area contributed by atoms with E-state index in [9.17, 15) is 0 Å². The normalized spacial score (nSPS) is 10.4. The number of nitrogen functional groups attached to an aromatic ring is 1. The van der Waals surface area contributed by atoms with E-state index in [1.807, 2.05) is 19.1 Å². The number of nitrogens with zero attached hydrogens (tertiary/aromatic N) is 4. The molecular formula is C8H8BrN5. The van der Waals surface area contributed by atoms with Crippen LogP contribution in [0.3, 0.4) is 0 Å². The van der Waals surface area contributed by atoms with Crippen LogP contribution in [0.4, 0.5) is 5.95 Å². The van der Waals surface area contributed by atoms with Crippen molar-refractivity contribution < 1.29 is 0 Å². The topological polar surface area (TPSA) is 69.6 Å². The van der Waals surface area contributed by atoms with Crippen LogP contribution in [-0.4, -0.2) is 19.7 Å². The van der Waals surface area contributed by atoms with Gasteiger partial charge in [-0.15, -0.1) is 5.10 Å². The first kappa shape index (κ1) is 9.14. The Morgan fingerprint density at radius 1 is 1.50 bits per heavy atom. The van der Waals surface area contributed by atoms with Crippen LogP contribution in [-0.2, 0) is 0 Å². The quantitative estimate of drug-likeness (QED) is 0.833.